The monoisotopic (exact) mass is 397 g/mol. The van der Waals surface area contributed by atoms with Crippen LogP contribution in [-0.4, -0.2) is 18.6 Å². The van der Waals surface area contributed by atoms with Crippen LogP contribution in [0.15, 0.2) is 16.8 Å². The van der Waals surface area contributed by atoms with Crippen molar-refractivity contribution in [3.63, 3.8) is 0 Å². The average Bonchev–Trinajstić information content (AvgIpc) is 2.98. The van der Waals surface area contributed by atoms with E-state index in [2.05, 4.69) is 25.1 Å². The summed E-state index contributed by atoms with van der Waals surface area (Å²) in [6.45, 7) is 7.02. The van der Waals surface area contributed by atoms with Crippen LogP contribution >= 0.6 is 0 Å². The second-order valence-corrected chi connectivity index (χ2v) is 11.4. The summed E-state index contributed by atoms with van der Waals surface area (Å²) in [5.74, 6) is 3.51. The molecule has 0 spiro atoms. The first-order valence-electron chi connectivity index (χ1n) is 12.2. The lowest BCUT2D eigenvalue weighted by molar-refractivity contribution is -0.147. The lowest BCUT2D eigenvalue weighted by Gasteiger charge is -2.60. The number of carbonyl (C=O) groups is 1. The normalized spacial score (nSPS) is 50.1. The van der Waals surface area contributed by atoms with Crippen molar-refractivity contribution < 1.29 is 9.63 Å². The summed E-state index contributed by atoms with van der Waals surface area (Å²) in [6.07, 6.45) is 16.1. The van der Waals surface area contributed by atoms with Gasteiger partial charge in [-0.2, -0.15) is 0 Å². The molecule has 0 heterocycles. The van der Waals surface area contributed by atoms with Gasteiger partial charge in [0.25, 0.3) is 0 Å². The summed E-state index contributed by atoms with van der Waals surface area (Å²) >= 11 is 0. The predicted molar refractivity (Wildman–Crippen MR) is 117 cm³/mol. The zero-order valence-electron chi connectivity index (χ0n) is 18.9. The maximum absolute atomic E-state index is 13.2. The van der Waals surface area contributed by atoms with Crippen molar-refractivity contribution in [2.75, 3.05) is 7.11 Å². The highest BCUT2D eigenvalue weighted by Crippen LogP contribution is 2.74. The second-order valence-electron chi connectivity index (χ2n) is 11.4. The Labute approximate surface area is 176 Å². The van der Waals surface area contributed by atoms with Crippen molar-refractivity contribution in [2.24, 2.45) is 45.1 Å². The Hall–Kier alpha value is -1.12. The lowest BCUT2D eigenvalue weighted by Crippen LogP contribution is -2.55. The minimum Gasteiger partial charge on any atom is -0.399 e. The molecule has 29 heavy (non-hydrogen) atoms. The van der Waals surface area contributed by atoms with Gasteiger partial charge in [0.1, 0.15) is 12.9 Å². The maximum atomic E-state index is 13.2. The van der Waals surface area contributed by atoms with E-state index >= 15 is 0 Å². The molecule has 3 nitrogen and oxygen atoms in total. The molecular formula is C26H39NO2. The standard InChI is InChI=1S/C26H39NO2/c1-17(28)26-12-6-5-7-19(26)16-23-21-9-8-18-15-20(27-29-4)10-13-24(18,2)22(21)11-14-25(23,26)3/h15,19,21-23H,5-14,16H2,1-4H3/b27-20-/t19-,21-,22+,23+,24+,25+,26+/m1/s1. The van der Waals surface area contributed by atoms with Crippen LogP contribution in [0.1, 0.15) is 91.4 Å². The highest BCUT2D eigenvalue weighted by atomic mass is 16.6. The van der Waals surface area contributed by atoms with E-state index in [0.717, 1.165) is 36.3 Å². The molecule has 4 saturated carbocycles. The number of rotatable bonds is 2. The largest absolute Gasteiger partial charge is 0.399 e. The molecule has 5 rings (SSSR count). The third kappa shape index (κ3) is 2.48. The summed E-state index contributed by atoms with van der Waals surface area (Å²) in [7, 11) is 1.66. The molecule has 0 aromatic rings. The third-order valence-corrected chi connectivity index (χ3v) is 10.8. The van der Waals surface area contributed by atoms with E-state index in [0.29, 0.717) is 17.1 Å². The zero-order chi connectivity index (χ0) is 20.4. The molecule has 160 valence electrons. The summed E-state index contributed by atoms with van der Waals surface area (Å²) in [4.78, 5) is 18.2. The Balaban J connectivity index is 1.50. The van der Waals surface area contributed by atoms with Gasteiger partial charge in [-0.15, -0.1) is 0 Å². The molecule has 0 bridgehead atoms. The number of hydrogen-bond donors (Lipinski definition) is 0. The first-order valence-corrected chi connectivity index (χ1v) is 12.2. The molecule has 5 aliphatic carbocycles. The highest BCUT2D eigenvalue weighted by molar-refractivity contribution is 5.96. The molecule has 0 radical (unpaired) electrons. The van der Waals surface area contributed by atoms with E-state index in [1.165, 1.54) is 57.8 Å². The number of carbonyl (C=O) groups excluding carboxylic acids is 1. The molecule has 7 atom stereocenters. The number of hydrogen-bond acceptors (Lipinski definition) is 3. The molecular weight excluding hydrogens is 358 g/mol. The third-order valence-electron chi connectivity index (χ3n) is 10.8. The van der Waals surface area contributed by atoms with Crippen LogP contribution in [0.2, 0.25) is 0 Å². The Bertz CT molecular complexity index is 769. The van der Waals surface area contributed by atoms with E-state index in [4.69, 9.17) is 4.84 Å². The highest BCUT2D eigenvalue weighted by Gasteiger charge is 2.69. The van der Waals surface area contributed by atoms with Crippen molar-refractivity contribution in [1.82, 2.24) is 0 Å². The molecule has 0 aromatic carbocycles. The molecule has 0 aliphatic heterocycles. The fourth-order valence-electron chi connectivity index (χ4n) is 9.56. The molecule has 5 aliphatic rings. The van der Waals surface area contributed by atoms with E-state index in [1.807, 2.05) is 6.92 Å². The van der Waals surface area contributed by atoms with Crippen molar-refractivity contribution in [2.45, 2.75) is 91.4 Å². The average molecular weight is 398 g/mol. The van der Waals surface area contributed by atoms with E-state index in [-0.39, 0.29) is 10.8 Å². The number of allylic oxidation sites excluding steroid dienone is 2. The Morgan fingerprint density at radius 3 is 2.66 bits per heavy atom. The lowest BCUT2D eigenvalue weighted by atomic mass is 9.44. The minimum absolute atomic E-state index is 0.0111. The van der Waals surface area contributed by atoms with Gasteiger partial charge in [0.2, 0.25) is 0 Å². The van der Waals surface area contributed by atoms with Crippen LogP contribution in [0.3, 0.4) is 0 Å². The Kier molecular flexibility index (Phi) is 4.57. The second kappa shape index (κ2) is 6.69. The van der Waals surface area contributed by atoms with Crippen LogP contribution in [0.25, 0.3) is 0 Å². The van der Waals surface area contributed by atoms with Gasteiger partial charge in [0.15, 0.2) is 0 Å². The first kappa shape index (κ1) is 19.8. The summed E-state index contributed by atoms with van der Waals surface area (Å²) < 4.78 is 0. The number of nitrogens with zero attached hydrogens (tertiary/aromatic N) is 1. The topological polar surface area (TPSA) is 38.7 Å². The number of Topliss-reactive ketones (excluding diaryl/α,β-unsaturated/α-hetero) is 1. The van der Waals surface area contributed by atoms with Crippen molar-refractivity contribution >= 4 is 11.5 Å². The van der Waals surface area contributed by atoms with Gasteiger partial charge >= 0.3 is 0 Å². The van der Waals surface area contributed by atoms with Crippen molar-refractivity contribution in [3.05, 3.63) is 11.6 Å². The molecule has 0 unspecified atom stereocenters. The summed E-state index contributed by atoms with van der Waals surface area (Å²) in [6, 6.07) is 0. The van der Waals surface area contributed by atoms with Gasteiger partial charge in [-0.25, -0.2) is 0 Å². The Morgan fingerprint density at radius 1 is 1.07 bits per heavy atom. The van der Waals surface area contributed by atoms with Crippen molar-refractivity contribution in [3.8, 4) is 0 Å². The molecule has 0 N–H and O–H groups in total. The zero-order valence-corrected chi connectivity index (χ0v) is 18.9. The van der Waals surface area contributed by atoms with E-state index in [9.17, 15) is 4.79 Å². The molecule has 0 saturated heterocycles. The van der Waals surface area contributed by atoms with Crippen LogP contribution in [0, 0.1) is 39.9 Å². The molecule has 0 aromatic heterocycles. The minimum atomic E-state index is -0.0111. The maximum Gasteiger partial charge on any atom is 0.136 e. The molecule has 3 heteroatoms. The number of ketones is 1. The smallest absolute Gasteiger partial charge is 0.136 e. The van der Waals surface area contributed by atoms with Gasteiger partial charge in [-0.1, -0.05) is 37.4 Å². The predicted octanol–water partition coefficient (Wildman–Crippen LogP) is 6.33. The summed E-state index contributed by atoms with van der Waals surface area (Å²) in [5, 5.41) is 4.25. The van der Waals surface area contributed by atoms with Crippen LogP contribution < -0.4 is 0 Å². The number of oxime groups is 1. The first-order chi connectivity index (χ1) is 13.9. The fourth-order valence-corrected chi connectivity index (χ4v) is 9.56. The molecule has 0 amide bonds. The van der Waals surface area contributed by atoms with E-state index in [1.54, 1.807) is 12.7 Å². The van der Waals surface area contributed by atoms with Gasteiger partial charge in [0, 0.05) is 5.41 Å². The number of fused-ring (bicyclic) bond motifs is 7. The van der Waals surface area contributed by atoms with Crippen LogP contribution in [-0.2, 0) is 9.63 Å². The summed E-state index contributed by atoms with van der Waals surface area (Å²) in [5.41, 5.74) is 3.30. The van der Waals surface area contributed by atoms with Crippen molar-refractivity contribution in [1.29, 1.82) is 0 Å². The van der Waals surface area contributed by atoms with E-state index < -0.39 is 0 Å². The SMILES string of the molecule is CO/N=C1\C=C2CC[C@@H]3[C@H](CC[C@@]4(C)[C@H]3C[C@H]3CCCC[C@]34C(C)=O)[C@@]2(C)CC1. The van der Waals surface area contributed by atoms with Gasteiger partial charge < -0.3 is 4.84 Å². The van der Waals surface area contributed by atoms with Gasteiger partial charge in [-0.3, -0.25) is 4.79 Å². The van der Waals surface area contributed by atoms with Gasteiger partial charge in [0.05, 0.1) is 5.71 Å². The molecule has 4 fully saturated rings. The van der Waals surface area contributed by atoms with Crippen LogP contribution in [0.4, 0.5) is 0 Å². The fraction of sp³-hybridized carbons (Fsp3) is 0.846. The quantitative estimate of drug-likeness (QED) is 0.511. The van der Waals surface area contributed by atoms with Gasteiger partial charge in [-0.05, 0) is 105 Å². The Morgan fingerprint density at radius 2 is 1.90 bits per heavy atom. The van der Waals surface area contributed by atoms with Crippen LogP contribution in [0.5, 0.6) is 0 Å².